The van der Waals surface area contributed by atoms with E-state index < -0.39 is 16.0 Å². The van der Waals surface area contributed by atoms with Crippen LogP contribution in [-0.2, 0) is 10.0 Å². The van der Waals surface area contributed by atoms with Gasteiger partial charge in [0, 0.05) is 25.7 Å². The number of piperazine rings is 1. The van der Waals surface area contributed by atoms with E-state index in [1.165, 1.54) is 10.4 Å². The highest BCUT2D eigenvalue weighted by atomic mass is 32.2. The van der Waals surface area contributed by atoms with E-state index in [2.05, 4.69) is 13.7 Å². The van der Waals surface area contributed by atoms with Gasteiger partial charge < -0.3 is 4.90 Å². The van der Waals surface area contributed by atoms with Crippen LogP contribution in [0.25, 0.3) is 11.0 Å². The zero-order chi connectivity index (χ0) is 18.3. The number of rotatable bonds is 3. The van der Waals surface area contributed by atoms with Gasteiger partial charge >= 0.3 is 0 Å². The van der Waals surface area contributed by atoms with Gasteiger partial charge in [-0.2, -0.15) is 17.4 Å². The van der Waals surface area contributed by atoms with Crippen molar-refractivity contribution in [2.45, 2.75) is 17.9 Å². The molecule has 0 amide bonds. The molecule has 1 atom stereocenters. The molecular formula is C16H16FN5O2S2. The molecule has 3 aromatic rings. The average Bonchev–Trinajstić information content (AvgIpc) is 3.10. The summed E-state index contributed by atoms with van der Waals surface area (Å²) in [4.78, 5) is 5.99. The Kier molecular flexibility index (Phi) is 4.33. The minimum Gasteiger partial charge on any atom is -0.351 e. The van der Waals surface area contributed by atoms with Gasteiger partial charge in [-0.15, -0.1) is 0 Å². The van der Waals surface area contributed by atoms with Crippen LogP contribution in [0.3, 0.4) is 0 Å². The highest BCUT2D eigenvalue weighted by Crippen LogP contribution is 2.27. The first-order valence-electron chi connectivity index (χ1n) is 8.07. The third-order valence-corrected chi connectivity index (χ3v) is 6.89. The van der Waals surface area contributed by atoms with Crippen molar-refractivity contribution in [2.24, 2.45) is 0 Å². The van der Waals surface area contributed by atoms with Crippen LogP contribution < -0.4 is 4.90 Å². The molecule has 10 heteroatoms. The Bertz CT molecular complexity index is 1060. The van der Waals surface area contributed by atoms with Crippen molar-refractivity contribution in [3.63, 3.8) is 0 Å². The molecule has 0 spiro atoms. The minimum atomic E-state index is -3.69. The Labute approximate surface area is 154 Å². The van der Waals surface area contributed by atoms with Crippen molar-refractivity contribution >= 4 is 38.6 Å². The average molecular weight is 393 g/mol. The lowest BCUT2D eigenvalue weighted by Gasteiger charge is -2.39. The molecule has 0 N–H and O–H groups in total. The smallest absolute Gasteiger partial charge is 0.245 e. The SMILES string of the molecule is CC1CN(S(=O)(=O)c2cccc3nsnc23)CCN1c1cccc(F)n1. The lowest BCUT2D eigenvalue weighted by molar-refractivity contribution is 0.341. The minimum absolute atomic E-state index is 0.138. The summed E-state index contributed by atoms with van der Waals surface area (Å²) in [6.45, 7) is 2.91. The van der Waals surface area contributed by atoms with E-state index in [0.717, 1.165) is 11.7 Å². The summed E-state index contributed by atoms with van der Waals surface area (Å²) in [5.41, 5.74) is 0.978. The number of benzene rings is 1. The van der Waals surface area contributed by atoms with E-state index in [-0.39, 0.29) is 17.5 Å². The Morgan fingerprint density at radius 2 is 1.96 bits per heavy atom. The zero-order valence-corrected chi connectivity index (χ0v) is 15.5. The van der Waals surface area contributed by atoms with Gasteiger partial charge in [0.15, 0.2) is 0 Å². The first-order chi connectivity index (χ1) is 12.5. The van der Waals surface area contributed by atoms with Gasteiger partial charge in [0.2, 0.25) is 16.0 Å². The van der Waals surface area contributed by atoms with Crippen LogP contribution in [0.2, 0.25) is 0 Å². The molecule has 136 valence electrons. The maximum absolute atomic E-state index is 13.4. The molecule has 26 heavy (non-hydrogen) atoms. The highest BCUT2D eigenvalue weighted by Gasteiger charge is 2.34. The maximum atomic E-state index is 13.4. The summed E-state index contributed by atoms with van der Waals surface area (Å²) in [6, 6.07) is 9.46. The summed E-state index contributed by atoms with van der Waals surface area (Å²) in [5.74, 6) is -0.0344. The number of pyridine rings is 1. The van der Waals surface area contributed by atoms with Gasteiger partial charge in [-0.1, -0.05) is 12.1 Å². The van der Waals surface area contributed by atoms with Gasteiger partial charge in [0.1, 0.15) is 21.7 Å². The number of anilines is 1. The fraction of sp³-hybridized carbons (Fsp3) is 0.312. The number of hydrogen-bond acceptors (Lipinski definition) is 7. The van der Waals surface area contributed by atoms with Crippen molar-refractivity contribution in [3.8, 4) is 0 Å². The van der Waals surface area contributed by atoms with Crippen molar-refractivity contribution in [1.82, 2.24) is 18.0 Å². The Morgan fingerprint density at radius 1 is 1.15 bits per heavy atom. The van der Waals surface area contributed by atoms with Crippen LogP contribution in [0.15, 0.2) is 41.3 Å². The molecule has 4 rings (SSSR count). The molecule has 1 fully saturated rings. The number of hydrogen-bond donors (Lipinski definition) is 0. The van der Waals surface area contributed by atoms with E-state index in [1.54, 1.807) is 30.3 Å². The maximum Gasteiger partial charge on any atom is 0.245 e. The Balaban J connectivity index is 1.61. The van der Waals surface area contributed by atoms with E-state index in [0.29, 0.717) is 29.9 Å². The van der Waals surface area contributed by atoms with Crippen LogP contribution in [0.4, 0.5) is 10.2 Å². The van der Waals surface area contributed by atoms with Gasteiger partial charge in [-0.05, 0) is 31.2 Å². The highest BCUT2D eigenvalue weighted by molar-refractivity contribution is 7.89. The van der Waals surface area contributed by atoms with E-state index in [4.69, 9.17) is 0 Å². The number of fused-ring (bicyclic) bond motifs is 1. The molecule has 1 aromatic carbocycles. The quantitative estimate of drug-likeness (QED) is 0.634. The number of halogens is 1. The van der Waals surface area contributed by atoms with E-state index in [1.807, 2.05) is 11.8 Å². The zero-order valence-electron chi connectivity index (χ0n) is 13.9. The van der Waals surface area contributed by atoms with Gasteiger partial charge in [-0.3, -0.25) is 0 Å². The number of sulfonamides is 1. The van der Waals surface area contributed by atoms with E-state index >= 15 is 0 Å². The summed E-state index contributed by atoms with van der Waals surface area (Å²) in [7, 11) is -3.69. The molecule has 1 aliphatic rings. The van der Waals surface area contributed by atoms with Crippen LogP contribution in [-0.4, -0.2) is 52.1 Å². The standard InChI is InChI=1S/C16H16FN5O2S2/c1-11-10-21(8-9-22(11)15-7-3-6-14(17)18-15)26(23,24)13-5-2-4-12-16(13)20-25-19-12/h2-7,11H,8-10H2,1H3. The molecule has 0 bridgehead atoms. The lowest BCUT2D eigenvalue weighted by atomic mass is 10.2. The molecule has 7 nitrogen and oxygen atoms in total. The fourth-order valence-electron chi connectivity index (χ4n) is 3.17. The monoisotopic (exact) mass is 393 g/mol. The van der Waals surface area contributed by atoms with Crippen molar-refractivity contribution in [3.05, 3.63) is 42.3 Å². The second-order valence-electron chi connectivity index (χ2n) is 6.11. The Morgan fingerprint density at radius 3 is 2.73 bits per heavy atom. The summed E-state index contributed by atoms with van der Waals surface area (Å²) in [6.07, 6.45) is 0. The second-order valence-corrected chi connectivity index (χ2v) is 8.55. The van der Waals surface area contributed by atoms with Gasteiger partial charge in [-0.25, -0.2) is 13.4 Å². The number of nitrogens with zero attached hydrogens (tertiary/aromatic N) is 5. The molecule has 0 aliphatic carbocycles. The Hall–Kier alpha value is -2.17. The van der Waals surface area contributed by atoms with Crippen molar-refractivity contribution in [2.75, 3.05) is 24.5 Å². The normalized spacial score (nSPS) is 19.2. The molecular weight excluding hydrogens is 377 g/mol. The molecule has 0 saturated carbocycles. The predicted octanol–water partition coefficient (Wildman–Crippen LogP) is 2.12. The molecule has 0 radical (unpaired) electrons. The van der Waals surface area contributed by atoms with Crippen molar-refractivity contribution in [1.29, 1.82) is 0 Å². The van der Waals surface area contributed by atoms with Gasteiger partial charge in [0.25, 0.3) is 0 Å². The fourth-order valence-corrected chi connectivity index (χ4v) is 5.43. The van der Waals surface area contributed by atoms with E-state index in [9.17, 15) is 12.8 Å². The predicted molar refractivity (Wildman–Crippen MR) is 97.2 cm³/mol. The second kappa shape index (κ2) is 6.53. The largest absolute Gasteiger partial charge is 0.351 e. The molecule has 1 aliphatic heterocycles. The van der Waals surface area contributed by atoms with Crippen LogP contribution in [0.5, 0.6) is 0 Å². The topological polar surface area (TPSA) is 79.3 Å². The lowest BCUT2D eigenvalue weighted by Crippen LogP contribution is -2.54. The molecule has 3 heterocycles. The third kappa shape index (κ3) is 2.93. The van der Waals surface area contributed by atoms with Crippen LogP contribution >= 0.6 is 11.7 Å². The van der Waals surface area contributed by atoms with Crippen LogP contribution in [0.1, 0.15) is 6.92 Å². The summed E-state index contributed by atoms with van der Waals surface area (Å²) >= 11 is 0.994. The first kappa shape index (κ1) is 17.3. The summed E-state index contributed by atoms with van der Waals surface area (Å²) < 4.78 is 49.3. The molecule has 1 saturated heterocycles. The third-order valence-electron chi connectivity index (χ3n) is 4.45. The molecule has 2 aromatic heterocycles. The van der Waals surface area contributed by atoms with Gasteiger partial charge in [0.05, 0.1) is 11.7 Å². The van der Waals surface area contributed by atoms with Crippen LogP contribution in [0, 0.1) is 5.95 Å². The first-order valence-corrected chi connectivity index (χ1v) is 10.2. The summed E-state index contributed by atoms with van der Waals surface area (Å²) in [5, 5.41) is 0. The molecule has 1 unspecified atom stereocenters. The van der Waals surface area contributed by atoms with Crippen molar-refractivity contribution < 1.29 is 12.8 Å². The number of aromatic nitrogens is 3.